The second kappa shape index (κ2) is 8.96. The Balaban J connectivity index is -0.0000000267. The summed E-state index contributed by atoms with van der Waals surface area (Å²) in [5.41, 5.74) is 0. The van der Waals surface area contributed by atoms with Crippen molar-refractivity contribution >= 4 is 49.5 Å². The van der Waals surface area contributed by atoms with E-state index >= 15 is 0 Å². The molecule has 0 saturated heterocycles. The summed E-state index contributed by atoms with van der Waals surface area (Å²) in [4.78, 5) is 0. The molecule has 0 bridgehead atoms. The Bertz CT molecular complexity index is 26.8. The standard InChI is InChI=1S/4ClH.3H2O.Pb/h4*1H;3*1H2;/q;;;;;;;+4/p-4. The van der Waals surface area contributed by atoms with Gasteiger partial charge in [-0.25, -0.2) is 0 Å². The molecule has 0 radical (unpaired) electrons. The molecule has 6 N–H and O–H groups in total. The van der Waals surface area contributed by atoms with Gasteiger partial charge in [0.1, 0.15) is 0 Å². The SMILES string of the molecule is O.O.O.[Cl][Pb]([Cl])([Cl])[Cl]. The Morgan fingerprint density at radius 1 is 0.625 bits per heavy atom. The van der Waals surface area contributed by atoms with Crippen molar-refractivity contribution in [1.82, 2.24) is 0 Å². The van der Waals surface area contributed by atoms with Crippen molar-refractivity contribution in [3.8, 4) is 0 Å². The minimum atomic E-state index is -3.39. The third-order valence-electron chi connectivity index (χ3n) is 0. The molecular weight excluding hydrogens is 397 g/mol. The van der Waals surface area contributed by atoms with Crippen molar-refractivity contribution < 1.29 is 16.4 Å². The molecule has 0 spiro atoms. The quantitative estimate of drug-likeness (QED) is 0.506. The average molecular weight is 403 g/mol. The molecule has 3 nitrogen and oxygen atoms in total. The van der Waals surface area contributed by atoms with Gasteiger partial charge < -0.3 is 16.4 Å². The van der Waals surface area contributed by atoms with Crippen LogP contribution in [0.1, 0.15) is 0 Å². The summed E-state index contributed by atoms with van der Waals surface area (Å²) in [5.74, 6) is 0. The zero-order chi connectivity index (χ0) is 4.50. The van der Waals surface area contributed by atoms with Gasteiger partial charge >= 0.3 is 49.5 Å². The maximum absolute atomic E-state index is 5.05. The molecule has 0 aromatic heterocycles. The predicted octanol–water partition coefficient (Wildman–Crippen LogP) is -0.0969. The molecule has 56 valence electrons. The molecule has 0 rings (SSSR count). The summed E-state index contributed by atoms with van der Waals surface area (Å²) >= 11 is -3.39. The van der Waals surface area contributed by atoms with Gasteiger partial charge in [0.15, 0.2) is 0 Å². The van der Waals surface area contributed by atoms with Gasteiger partial charge in [0.2, 0.25) is 0 Å². The molecule has 0 saturated carbocycles. The first-order chi connectivity index (χ1) is 2.00. The first kappa shape index (κ1) is 22.5. The first-order valence-corrected chi connectivity index (χ1v) is 19.9. The fourth-order valence-electron chi connectivity index (χ4n) is 0. The van der Waals surface area contributed by atoms with Gasteiger partial charge in [-0.3, -0.25) is 0 Å². The first-order valence-electron chi connectivity index (χ1n) is 0.756. The molecule has 0 unspecified atom stereocenters. The van der Waals surface area contributed by atoms with E-state index in [0.717, 1.165) is 0 Å². The minimum absolute atomic E-state index is 0. The molecule has 0 aliphatic carbocycles. The third-order valence-corrected chi connectivity index (χ3v) is 0. The molecule has 0 atom stereocenters. The Morgan fingerprint density at radius 2 is 0.625 bits per heavy atom. The van der Waals surface area contributed by atoms with Crippen LogP contribution in [-0.4, -0.2) is 32.7 Å². The van der Waals surface area contributed by atoms with Crippen LogP contribution in [0.4, 0.5) is 0 Å². The van der Waals surface area contributed by atoms with Gasteiger partial charge in [0.05, 0.1) is 0 Å². The van der Waals surface area contributed by atoms with E-state index in [2.05, 4.69) is 0 Å². The second-order valence-corrected chi connectivity index (χ2v) is 33.8. The van der Waals surface area contributed by atoms with E-state index in [1.54, 1.807) is 0 Å². The molecular formula is H6Cl4O3Pb. The van der Waals surface area contributed by atoms with Crippen molar-refractivity contribution in [2.24, 2.45) is 0 Å². The molecule has 0 amide bonds. The number of rotatable bonds is 0. The van der Waals surface area contributed by atoms with Crippen molar-refractivity contribution in [2.75, 3.05) is 0 Å². The summed E-state index contributed by atoms with van der Waals surface area (Å²) in [5, 5.41) is 0. The van der Waals surface area contributed by atoms with Crippen molar-refractivity contribution in [2.45, 2.75) is 0 Å². The molecule has 8 heavy (non-hydrogen) atoms. The topological polar surface area (TPSA) is 94.5 Å². The fourth-order valence-corrected chi connectivity index (χ4v) is 0. The molecule has 0 heterocycles. The van der Waals surface area contributed by atoms with Gasteiger partial charge in [-0.1, -0.05) is 0 Å². The van der Waals surface area contributed by atoms with Crippen molar-refractivity contribution in [3.63, 3.8) is 0 Å². The molecule has 0 aliphatic rings. The van der Waals surface area contributed by atoms with Crippen LogP contribution in [-0.2, 0) is 0 Å². The van der Waals surface area contributed by atoms with Crippen LogP contribution in [0.5, 0.6) is 0 Å². The van der Waals surface area contributed by atoms with E-state index in [9.17, 15) is 0 Å². The van der Waals surface area contributed by atoms with Crippen LogP contribution >= 0.6 is 33.3 Å². The summed E-state index contributed by atoms with van der Waals surface area (Å²) in [6.45, 7) is 0. The molecule has 8 heteroatoms. The van der Waals surface area contributed by atoms with Crippen LogP contribution in [0.3, 0.4) is 0 Å². The van der Waals surface area contributed by atoms with Crippen LogP contribution in [0, 0.1) is 0 Å². The zero-order valence-corrected chi connectivity index (χ0v) is 10.4. The fraction of sp³-hybridized carbons (Fsp3) is 0. The Hall–Kier alpha value is 1.96. The van der Waals surface area contributed by atoms with Crippen LogP contribution in [0.2, 0.25) is 0 Å². The second-order valence-electron chi connectivity index (χ2n) is 0.429. The van der Waals surface area contributed by atoms with Crippen LogP contribution in [0.25, 0.3) is 0 Å². The molecule has 0 fully saturated rings. The van der Waals surface area contributed by atoms with Gasteiger partial charge in [0.25, 0.3) is 0 Å². The van der Waals surface area contributed by atoms with Gasteiger partial charge in [-0.2, -0.15) is 0 Å². The van der Waals surface area contributed by atoms with E-state index in [4.69, 9.17) is 33.3 Å². The molecule has 0 aromatic rings. The van der Waals surface area contributed by atoms with Crippen LogP contribution in [0.15, 0.2) is 0 Å². The average Bonchev–Trinajstić information content (AvgIpc) is 0.722. The van der Waals surface area contributed by atoms with Crippen molar-refractivity contribution in [1.29, 1.82) is 0 Å². The number of hydrogen-bond acceptors (Lipinski definition) is 0. The monoisotopic (exact) mass is 402 g/mol. The van der Waals surface area contributed by atoms with E-state index in [1.165, 1.54) is 0 Å². The van der Waals surface area contributed by atoms with Crippen LogP contribution < -0.4 is 0 Å². The van der Waals surface area contributed by atoms with E-state index in [-0.39, 0.29) is 16.4 Å². The zero-order valence-electron chi connectivity index (χ0n) is 3.51. The molecule has 0 aromatic carbocycles. The number of hydrogen-bond donors (Lipinski definition) is 0. The Kier molecular flexibility index (Phi) is 25.2. The van der Waals surface area contributed by atoms with E-state index in [1.807, 2.05) is 0 Å². The third kappa shape index (κ3) is 100. The van der Waals surface area contributed by atoms with E-state index in [0.29, 0.717) is 0 Å². The van der Waals surface area contributed by atoms with E-state index < -0.39 is 16.3 Å². The Labute approximate surface area is 65.3 Å². The summed E-state index contributed by atoms with van der Waals surface area (Å²) < 4.78 is 0. The maximum atomic E-state index is 5.05. The number of halogens is 4. The van der Waals surface area contributed by atoms with Crippen molar-refractivity contribution in [3.05, 3.63) is 0 Å². The van der Waals surface area contributed by atoms with Gasteiger partial charge in [-0.15, -0.1) is 0 Å². The summed E-state index contributed by atoms with van der Waals surface area (Å²) in [6.07, 6.45) is 0. The van der Waals surface area contributed by atoms with Gasteiger partial charge in [-0.05, 0) is 0 Å². The predicted molar refractivity (Wildman–Crippen MR) is 40.0 cm³/mol. The normalized spacial score (nSPS) is 7.50. The van der Waals surface area contributed by atoms with Gasteiger partial charge in [0, 0.05) is 0 Å². The summed E-state index contributed by atoms with van der Waals surface area (Å²) in [7, 11) is 20.2. The molecule has 0 aliphatic heterocycles. The summed E-state index contributed by atoms with van der Waals surface area (Å²) in [6, 6.07) is 0. The Morgan fingerprint density at radius 3 is 0.625 bits per heavy atom.